The average Bonchev–Trinajstić information content (AvgIpc) is 3.05. The van der Waals surface area contributed by atoms with Crippen LogP contribution in [-0.4, -0.2) is 53.3 Å². The fourth-order valence-corrected chi connectivity index (χ4v) is 2.96. The van der Waals surface area contributed by atoms with Gasteiger partial charge in [-0.15, -0.1) is 5.11 Å². The lowest BCUT2D eigenvalue weighted by molar-refractivity contribution is 0.00509. The number of nitrogens with two attached hydrogens (primary N) is 2. The van der Waals surface area contributed by atoms with Gasteiger partial charge >= 0.3 is 0 Å². The van der Waals surface area contributed by atoms with Crippen molar-refractivity contribution >= 4 is 5.84 Å². The number of H-pyrrole nitrogens is 1. The fraction of sp³-hybridized carbons (Fsp3) is 0.667. The zero-order chi connectivity index (χ0) is 14.8. The maximum atomic E-state index is 5.98. The summed E-state index contributed by atoms with van der Waals surface area (Å²) in [6.07, 6.45) is 0.949. The Labute approximate surface area is 122 Å². The van der Waals surface area contributed by atoms with Crippen molar-refractivity contribution in [3.05, 3.63) is 17.0 Å². The molecule has 2 atom stereocenters. The first-order valence-electron chi connectivity index (χ1n) is 6.94. The Morgan fingerprint density at radius 3 is 3.00 bits per heavy atom. The van der Waals surface area contributed by atoms with Crippen LogP contribution in [0.2, 0.25) is 0 Å². The Balaban J connectivity index is 1.77. The van der Waals surface area contributed by atoms with Crippen LogP contribution >= 0.6 is 0 Å². The van der Waals surface area contributed by atoms with Crippen LogP contribution in [0, 0.1) is 0 Å². The maximum absolute atomic E-state index is 5.98. The third-order valence-electron chi connectivity index (χ3n) is 3.98. The molecule has 1 aromatic rings. The van der Waals surface area contributed by atoms with Crippen LogP contribution < -0.4 is 11.6 Å². The van der Waals surface area contributed by atoms with Gasteiger partial charge in [-0.05, 0) is 6.42 Å². The molecule has 21 heavy (non-hydrogen) atoms. The first-order chi connectivity index (χ1) is 10.2. The van der Waals surface area contributed by atoms with Gasteiger partial charge in [-0.2, -0.15) is 5.10 Å². The van der Waals surface area contributed by atoms with Crippen molar-refractivity contribution in [3.63, 3.8) is 0 Å². The Hall–Kier alpha value is -1.84. The molecule has 114 valence electrons. The lowest BCUT2D eigenvalue weighted by Crippen LogP contribution is -2.46. The van der Waals surface area contributed by atoms with E-state index in [-0.39, 0.29) is 6.04 Å². The van der Waals surface area contributed by atoms with Crippen LogP contribution in [0.1, 0.15) is 23.4 Å². The van der Waals surface area contributed by atoms with Gasteiger partial charge in [0.2, 0.25) is 0 Å². The standard InChI is InChI=1S/C12H20N8O/c1-15-12(18-19-14)11-9-3-20(4-10(9)16-17-11)8-2-7(13)5-21-6-8/h7-8H,2-6,13H2,1H3,(H,16,17)(H2,14,15,18). The van der Waals surface area contributed by atoms with Crippen molar-refractivity contribution in [1.29, 1.82) is 0 Å². The molecule has 1 fully saturated rings. The smallest absolute Gasteiger partial charge is 0.199 e. The molecule has 2 unspecified atom stereocenters. The van der Waals surface area contributed by atoms with Gasteiger partial charge in [0.15, 0.2) is 5.84 Å². The summed E-state index contributed by atoms with van der Waals surface area (Å²) in [6, 6.07) is 0.444. The highest BCUT2D eigenvalue weighted by Crippen LogP contribution is 2.28. The lowest BCUT2D eigenvalue weighted by atomic mass is 10.1. The molecule has 0 spiro atoms. The highest BCUT2D eigenvalue weighted by Gasteiger charge is 2.33. The van der Waals surface area contributed by atoms with E-state index in [1.165, 1.54) is 0 Å². The molecule has 0 aliphatic carbocycles. The second-order valence-electron chi connectivity index (χ2n) is 5.38. The molecule has 5 N–H and O–H groups in total. The molecular weight excluding hydrogens is 272 g/mol. The first kappa shape index (κ1) is 14.1. The Kier molecular flexibility index (Phi) is 3.95. The first-order valence-corrected chi connectivity index (χ1v) is 6.94. The fourth-order valence-electron chi connectivity index (χ4n) is 2.96. The maximum Gasteiger partial charge on any atom is 0.199 e. The normalized spacial score (nSPS) is 27.4. The molecule has 0 saturated carbocycles. The Morgan fingerprint density at radius 2 is 2.29 bits per heavy atom. The van der Waals surface area contributed by atoms with Gasteiger partial charge in [0.05, 0.1) is 18.9 Å². The van der Waals surface area contributed by atoms with Crippen LogP contribution in [0.3, 0.4) is 0 Å². The number of nitrogens with one attached hydrogen (secondary N) is 1. The van der Waals surface area contributed by atoms with Crippen LogP contribution in [0.5, 0.6) is 0 Å². The van der Waals surface area contributed by atoms with Gasteiger partial charge in [-0.25, -0.2) is 0 Å². The monoisotopic (exact) mass is 292 g/mol. The summed E-state index contributed by atoms with van der Waals surface area (Å²) >= 11 is 0. The largest absolute Gasteiger partial charge is 0.378 e. The van der Waals surface area contributed by atoms with Gasteiger partial charge in [-0.1, -0.05) is 5.22 Å². The minimum Gasteiger partial charge on any atom is -0.378 e. The number of aromatic nitrogens is 2. The minimum absolute atomic E-state index is 0.110. The van der Waals surface area contributed by atoms with E-state index in [1.807, 2.05) is 0 Å². The zero-order valence-electron chi connectivity index (χ0n) is 12.0. The molecule has 9 heteroatoms. The van der Waals surface area contributed by atoms with Crippen molar-refractivity contribution < 1.29 is 4.74 Å². The molecule has 9 nitrogen and oxygen atoms in total. The summed E-state index contributed by atoms with van der Waals surface area (Å²) in [5, 5.41) is 14.4. The minimum atomic E-state index is 0.110. The topological polar surface area (TPSA) is 130 Å². The third-order valence-corrected chi connectivity index (χ3v) is 3.98. The van der Waals surface area contributed by atoms with Gasteiger partial charge in [-0.3, -0.25) is 15.0 Å². The van der Waals surface area contributed by atoms with Gasteiger partial charge in [0, 0.05) is 37.8 Å². The van der Waals surface area contributed by atoms with E-state index in [1.54, 1.807) is 7.05 Å². The Bertz CT molecular complexity index is 566. The number of ether oxygens (including phenoxy) is 1. The predicted octanol–water partition coefficient (Wildman–Crippen LogP) is -0.456. The highest BCUT2D eigenvalue weighted by molar-refractivity contribution is 5.98. The molecule has 1 aromatic heterocycles. The number of aliphatic imine (C=N–C) groups is 1. The predicted molar refractivity (Wildman–Crippen MR) is 76.5 cm³/mol. The van der Waals surface area contributed by atoms with Gasteiger partial charge < -0.3 is 16.3 Å². The number of hydrogen-bond donors (Lipinski definition) is 3. The summed E-state index contributed by atoms with van der Waals surface area (Å²) < 4.78 is 5.55. The van der Waals surface area contributed by atoms with Crippen molar-refractivity contribution in [1.82, 2.24) is 15.1 Å². The second-order valence-corrected chi connectivity index (χ2v) is 5.38. The summed E-state index contributed by atoms with van der Waals surface area (Å²) in [7, 11) is 1.64. The molecule has 2 aliphatic heterocycles. The van der Waals surface area contributed by atoms with Crippen LogP contribution in [0.15, 0.2) is 15.3 Å². The Morgan fingerprint density at radius 1 is 1.43 bits per heavy atom. The van der Waals surface area contributed by atoms with E-state index in [2.05, 4.69) is 30.4 Å². The molecule has 0 radical (unpaired) electrons. The number of rotatable bonds is 2. The summed E-state index contributed by atoms with van der Waals surface area (Å²) in [4.78, 5) is 6.42. The average molecular weight is 292 g/mol. The molecule has 2 aliphatic rings. The second kappa shape index (κ2) is 5.88. The van der Waals surface area contributed by atoms with E-state index < -0.39 is 0 Å². The molecule has 3 rings (SSSR count). The van der Waals surface area contributed by atoms with Gasteiger partial charge in [0.1, 0.15) is 5.69 Å². The number of aromatic amines is 1. The van der Waals surface area contributed by atoms with E-state index in [0.29, 0.717) is 24.2 Å². The van der Waals surface area contributed by atoms with Crippen molar-refractivity contribution in [2.24, 2.45) is 26.9 Å². The number of hydrogen-bond acceptors (Lipinski definition) is 6. The van der Waals surface area contributed by atoms with Crippen LogP contribution in [-0.2, 0) is 17.8 Å². The molecule has 0 bridgehead atoms. The van der Waals surface area contributed by atoms with E-state index in [4.69, 9.17) is 16.3 Å². The number of nitrogens with zero attached hydrogens (tertiary/aromatic N) is 5. The highest BCUT2D eigenvalue weighted by atomic mass is 16.5. The molecule has 1 saturated heterocycles. The molecular formula is C12H20N8O. The van der Waals surface area contributed by atoms with Gasteiger partial charge in [0.25, 0.3) is 0 Å². The quantitative estimate of drug-likeness (QED) is 0.223. The zero-order valence-corrected chi connectivity index (χ0v) is 12.0. The third kappa shape index (κ3) is 2.67. The van der Waals surface area contributed by atoms with Crippen molar-refractivity contribution in [2.75, 3.05) is 20.3 Å². The van der Waals surface area contributed by atoms with Crippen molar-refractivity contribution in [3.8, 4) is 0 Å². The molecule has 0 aromatic carbocycles. The van der Waals surface area contributed by atoms with E-state index >= 15 is 0 Å². The number of amidine groups is 1. The number of fused-ring (bicyclic) bond motifs is 1. The molecule has 3 heterocycles. The van der Waals surface area contributed by atoms with Crippen molar-refractivity contribution in [2.45, 2.75) is 31.6 Å². The van der Waals surface area contributed by atoms with Crippen LogP contribution in [0.25, 0.3) is 0 Å². The lowest BCUT2D eigenvalue weighted by Gasteiger charge is -2.33. The SMILES string of the molecule is CN=C(N=NN)c1n[nH]c2c1CN(C1COCC(N)C1)C2. The summed E-state index contributed by atoms with van der Waals surface area (Å²) in [5.41, 5.74) is 8.87. The molecule has 0 amide bonds. The summed E-state index contributed by atoms with van der Waals surface area (Å²) in [6.45, 7) is 2.95. The van der Waals surface area contributed by atoms with E-state index in [0.717, 1.165) is 37.4 Å². The van der Waals surface area contributed by atoms with Crippen LogP contribution in [0.4, 0.5) is 0 Å². The van der Waals surface area contributed by atoms with E-state index in [9.17, 15) is 0 Å². The summed E-state index contributed by atoms with van der Waals surface area (Å²) in [5.74, 6) is 5.55.